The van der Waals surface area contributed by atoms with Gasteiger partial charge in [0.2, 0.25) is 0 Å². The summed E-state index contributed by atoms with van der Waals surface area (Å²) in [6.45, 7) is 0. The SMILES string of the molecule is O=Cc1ccnc(C2(C(=O)O)CC2)c1. The lowest BCUT2D eigenvalue weighted by atomic mass is 10.0. The number of carboxylic acids is 1. The maximum atomic E-state index is 11.0. The predicted molar refractivity (Wildman–Crippen MR) is 48.2 cm³/mol. The zero-order chi connectivity index (χ0) is 10.2. The average molecular weight is 191 g/mol. The van der Waals surface area contributed by atoms with E-state index in [1.807, 2.05) is 0 Å². The van der Waals surface area contributed by atoms with Gasteiger partial charge in [0.05, 0.1) is 5.69 Å². The standard InChI is InChI=1S/C10H9NO3/c12-6-7-1-4-11-8(5-7)10(2-3-10)9(13)14/h1,4-6H,2-3H2,(H,13,14). The van der Waals surface area contributed by atoms with E-state index in [-0.39, 0.29) is 0 Å². The van der Waals surface area contributed by atoms with Crippen LogP contribution >= 0.6 is 0 Å². The number of aldehydes is 1. The maximum Gasteiger partial charge on any atom is 0.315 e. The number of hydrogen-bond donors (Lipinski definition) is 1. The number of nitrogens with zero attached hydrogens (tertiary/aromatic N) is 1. The molecule has 1 aromatic rings. The van der Waals surface area contributed by atoms with E-state index >= 15 is 0 Å². The normalized spacial score (nSPS) is 17.4. The Labute approximate surface area is 80.6 Å². The van der Waals surface area contributed by atoms with Gasteiger partial charge < -0.3 is 5.11 Å². The third-order valence-corrected chi connectivity index (χ3v) is 2.57. The number of aromatic nitrogens is 1. The summed E-state index contributed by atoms with van der Waals surface area (Å²) < 4.78 is 0. The molecule has 1 fully saturated rings. The van der Waals surface area contributed by atoms with Crippen LogP contribution in [0.5, 0.6) is 0 Å². The van der Waals surface area contributed by atoms with Crippen LogP contribution in [0, 0.1) is 0 Å². The fourth-order valence-corrected chi connectivity index (χ4v) is 1.49. The van der Waals surface area contributed by atoms with Crippen molar-refractivity contribution in [1.82, 2.24) is 4.98 Å². The van der Waals surface area contributed by atoms with Crippen LogP contribution in [-0.4, -0.2) is 22.3 Å². The Kier molecular flexibility index (Phi) is 1.84. The summed E-state index contributed by atoms with van der Waals surface area (Å²) in [6, 6.07) is 3.11. The highest BCUT2D eigenvalue weighted by Crippen LogP contribution is 2.47. The first-order valence-electron chi connectivity index (χ1n) is 4.34. The van der Waals surface area contributed by atoms with E-state index in [1.165, 1.54) is 6.20 Å². The zero-order valence-electron chi connectivity index (χ0n) is 7.43. The minimum Gasteiger partial charge on any atom is -0.481 e. The van der Waals surface area contributed by atoms with Gasteiger partial charge in [-0.1, -0.05) is 0 Å². The van der Waals surface area contributed by atoms with E-state index in [0.29, 0.717) is 30.4 Å². The van der Waals surface area contributed by atoms with Crippen LogP contribution in [0.4, 0.5) is 0 Å². The highest BCUT2D eigenvalue weighted by atomic mass is 16.4. The summed E-state index contributed by atoms with van der Waals surface area (Å²) in [5.74, 6) is -0.854. The van der Waals surface area contributed by atoms with Gasteiger partial charge in [-0.25, -0.2) is 0 Å². The quantitative estimate of drug-likeness (QED) is 0.724. The number of aliphatic carboxylic acids is 1. The van der Waals surface area contributed by atoms with E-state index in [1.54, 1.807) is 12.1 Å². The van der Waals surface area contributed by atoms with Crippen LogP contribution in [0.15, 0.2) is 18.3 Å². The van der Waals surface area contributed by atoms with Crippen LogP contribution in [0.2, 0.25) is 0 Å². The van der Waals surface area contributed by atoms with Crippen LogP contribution in [0.3, 0.4) is 0 Å². The summed E-state index contributed by atoms with van der Waals surface area (Å²) in [4.78, 5) is 25.5. The van der Waals surface area contributed by atoms with Gasteiger partial charge in [0.1, 0.15) is 11.7 Å². The van der Waals surface area contributed by atoms with Gasteiger partial charge in [-0.05, 0) is 25.0 Å². The molecule has 0 saturated heterocycles. The Bertz CT molecular complexity index is 396. The molecule has 0 atom stereocenters. The molecule has 1 N–H and O–H groups in total. The molecule has 14 heavy (non-hydrogen) atoms. The fraction of sp³-hybridized carbons (Fsp3) is 0.300. The molecular formula is C10H9NO3. The molecule has 0 amide bonds. The summed E-state index contributed by atoms with van der Waals surface area (Å²) in [6.07, 6.45) is 3.39. The molecule has 72 valence electrons. The molecule has 1 aliphatic rings. The lowest BCUT2D eigenvalue weighted by Gasteiger charge is -2.08. The van der Waals surface area contributed by atoms with Crippen molar-refractivity contribution < 1.29 is 14.7 Å². The van der Waals surface area contributed by atoms with E-state index < -0.39 is 11.4 Å². The second kappa shape index (κ2) is 2.90. The summed E-state index contributed by atoms with van der Waals surface area (Å²) >= 11 is 0. The average Bonchev–Trinajstić information content (AvgIpc) is 2.98. The van der Waals surface area contributed by atoms with Crippen molar-refractivity contribution in [2.75, 3.05) is 0 Å². The van der Waals surface area contributed by atoms with Crippen molar-refractivity contribution in [3.63, 3.8) is 0 Å². The maximum absolute atomic E-state index is 11.0. The molecule has 1 saturated carbocycles. The molecular weight excluding hydrogens is 182 g/mol. The minimum atomic E-state index is -0.854. The fourth-order valence-electron chi connectivity index (χ4n) is 1.49. The monoisotopic (exact) mass is 191 g/mol. The van der Waals surface area contributed by atoms with Gasteiger partial charge in [-0.2, -0.15) is 0 Å². The van der Waals surface area contributed by atoms with Gasteiger partial charge in [0.15, 0.2) is 0 Å². The van der Waals surface area contributed by atoms with Crippen molar-refractivity contribution in [3.05, 3.63) is 29.6 Å². The molecule has 0 radical (unpaired) electrons. The molecule has 1 aromatic heterocycles. The van der Waals surface area contributed by atoms with Crippen LogP contribution in [0.1, 0.15) is 28.9 Å². The van der Waals surface area contributed by atoms with Gasteiger partial charge in [0, 0.05) is 11.8 Å². The lowest BCUT2D eigenvalue weighted by molar-refractivity contribution is -0.140. The number of carbonyl (C=O) groups is 2. The van der Waals surface area contributed by atoms with Crippen LogP contribution in [0.25, 0.3) is 0 Å². The minimum absolute atomic E-state index is 0.475. The summed E-state index contributed by atoms with van der Waals surface area (Å²) in [5.41, 5.74) is 0.149. The molecule has 1 aliphatic carbocycles. The molecule has 1 heterocycles. The smallest absolute Gasteiger partial charge is 0.315 e. The first-order valence-corrected chi connectivity index (χ1v) is 4.34. The van der Waals surface area contributed by atoms with Crippen molar-refractivity contribution in [2.24, 2.45) is 0 Å². The molecule has 0 spiro atoms. The third-order valence-electron chi connectivity index (χ3n) is 2.57. The number of hydrogen-bond acceptors (Lipinski definition) is 3. The first kappa shape index (κ1) is 8.87. The largest absolute Gasteiger partial charge is 0.481 e. The van der Waals surface area contributed by atoms with Gasteiger partial charge >= 0.3 is 5.97 Å². The molecule has 0 unspecified atom stereocenters. The Morgan fingerprint density at radius 3 is 2.79 bits per heavy atom. The molecule has 0 aromatic carbocycles. The number of carbonyl (C=O) groups excluding carboxylic acids is 1. The second-order valence-electron chi connectivity index (χ2n) is 3.48. The van der Waals surface area contributed by atoms with Crippen molar-refractivity contribution >= 4 is 12.3 Å². The van der Waals surface area contributed by atoms with Gasteiger partial charge in [-0.3, -0.25) is 14.6 Å². The van der Waals surface area contributed by atoms with E-state index in [0.717, 1.165) is 0 Å². The topological polar surface area (TPSA) is 67.3 Å². The second-order valence-corrected chi connectivity index (χ2v) is 3.48. The highest BCUT2D eigenvalue weighted by molar-refractivity contribution is 5.85. The van der Waals surface area contributed by atoms with E-state index in [9.17, 15) is 9.59 Å². The lowest BCUT2D eigenvalue weighted by Crippen LogP contribution is -2.20. The highest BCUT2D eigenvalue weighted by Gasteiger charge is 2.53. The molecule has 2 rings (SSSR count). The number of rotatable bonds is 3. The van der Waals surface area contributed by atoms with Crippen molar-refractivity contribution in [1.29, 1.82) is 0 Å². The Morgan fingerprint density at radius 2 is 2.29 bits per heavy atom. The van der Waals surface area contributed by atoms with Gasteiger partial charge in [0.25, 0.3) is 0 Å². The zero-order valence-corrected chi connectivity index (χ0v) is 7.43. The van der Waals surface area contributed by atoms with Crippen molar-refractivity contribution in [2.45, 2.75) is 18.3 Å². The Morgan fingerprint density at radius 1 is 1.57 bits per heavy atom. The number of pyridine rings is 1. The number of carboxylic acid groups (broad SMARTS) is 1. The summed E-state index contributed by atoms with van der Waals surface area (Å²) in [5, 5.41) is 8.99. The van der Waals surface area contributed by atoms with Crippen LogP contribution < -0.4 is 0 Å². The molecule has 0 aliphatic heterocycles. The molecule has 0 bridgehead atoms. The Hall–Kier alpha value is -1.71. The Balaban J connectivity index is 2.41. The summed E-state index contributed by atoms with van der Waals surface area (Å²) in [7, 11) is 0. The predicted octanol–water partition coefficient (Wildman–Crippen LogP) is 1.01. The van der Waals surface area contributed by atoms with E-state index in [2.05, 4.69) is 4.98 Å². The van der Waals surface area contributed by atoms with E-state index in [4.69, 9.17) is 5.11 Å². The first-order chi connectivity index (χ1) is 6.69. The van der Waals surface area contributed by atoms with Crippen molar-refractivity contribution in [3.8, 4) is 0 Å². The molecule has 4 heteroatoms. The van der Waals surface area contributed by atoms with Gasteiger partial charge in [-0.15, -0.1) is 0 Å². The molecule has 4 nitrogen and oxygen atoms in total. The third kappa shape index (κ3) is 1.19. The van der Waals surface area contributed by atoms with Crippen LogP contribution in [-0.2, 0) is 10.2 Å².